The van der Waals surface area contributed by atoms with E-state index in [0.717, 1.165) is 12.2 Å². The normalized spacial score (nSPS) is 31.1. The van der Waals surface area contributed by atoms with Gasteiger partial charge in [0.2, 0.25) is 5.91 Å². The van der Waals surface area contributed by atoms with Gasteiger partial charge in [-0.25, -0.2) is 0 Å². The fourth-order valence-electron chi connectivity index (χ4n) is 3.85. The molecule has 6 heteroatoms. The van der Waals surface area contributed by atoms with E-state index >= 15 is 0 Å². The number of nitrogens with one attached hydrogen (secondary N) is 2. The Morgan fingerprint density at radius 2 is 2.10 bits per heavy atom. The fourth-order valence-corrected chi connectivity index (χ4v) is 4.15. The van der Waals surface area contributed by atoms with E-state index in [-0.39, 0.29) is 5.91 Å². The van der Waals surface area contributed by atoms with Crippen molar-refractivity contribution < 1.29 is 4.79 Å². The van der Waals surface area contributed by atoms with Crippen LogP contribution in [0.5, 0.6) is 0 Å². The monoisotopic (exact) mass is 292 g/mol. The molecule has 20 heavy (non-hydrogen) atoms. The van der Waals surface area contributed by atoms with E-state index in [4.69, 9.17) is 12.2 Å². The molecule has 3 saturated carbocycles. The van der Waals surface area contributed by atoms with Gasteiger partial charge in [-0.05, 0) is 49.7 Å². The molecule has 0 spiro atoms. The highest BCUT2D eigenvalue weighted by Gasteiger charge is 2.56. The summed E-state index contributed by atoms with van der Waals surface area (Å²) in [5.41, 5.74) is 0. The number of nitrogens with zero attached hydrogens (tertiary/aromatic N) is 2. The minimum Gasteiger partial charge on any atom is -0.355 e. The van der Waals surface area contributed by atoms with Crippen molar-refractivity contribution in [2.45, 2.75) is 44.6 Å². The maximum absolute atomic E-state index is 12.1. The quantitative estimate of drug-likeness (QED) is 0.816. The van der Waals surface area contributed by atoms with Crippen LogP contribution >= 0.6 is 12.2 Å². The fraction of sp³-hybridized carbons (Fsp3) is 0.786. The van der Waals surface area contributed by atoms with Gasteiger partial charge in [0.25, 0.3) is 0 Å². The standard InChI is InChI=1S/C14H20N4OS/c19-13(12-9-2-1-3-10(9)12)15-7-6-11-16-17-14(20)18(11)8-4-5-8/h8-10,12H,1-7H2,(H,15,19)(H,17,20)/t9-,10-/m1/s1. The summed E-state index contributed by atoms with van der Waals surface area (Å²) in [7, 11) is 0. The summed E-state index contributed by atoms with van der Waals surface area (Å²) in [5.74, 6) is 2.93. The molecule has 1 amide bonds. The zero-order valence-electron chi connectivity index (χ0n) is 11.5. The van der Waals surface area contributed by atoms with Gasteiger partial charge in [-0.2, -0.15) is 5.10 Å². The number of amides is 1. The van der Waals surface area contributed by atoms with E-state index in [1.54, 1.807) is 0 Å². The number of aromatic amines is 1. The maximum atomic E-state index is 12.1. The van der Waals surface area contributed by atoms with Crippen LogP contribution in [0.4, 0.5) is 0 Å². The molecule has 3 fully saturated rings. The van der Waals surface area contributed by atoms with Gasteiger partial charge in [0.1, 0.15) is 5.82 Å². The SMILES string of the molecule is O=C(NCCc1n[nH]c(=S)n1C1CC1)C1[C@@H]2CCC[C@@H]12. The summed E-state index contributed by atoms with van der Waals surface area (Å²) in [6, 6.07) is 0.537. The highest BCUT2D eigenvalue weighted by atomic mass is 32.1. The predicted octanol–water partition coefficient (Wildman–Crippen LogP) is 1.98. The Morgan fingerprint density at radius 1 is 1.35 bits per heavy atom. The molecule has 0 unspecified atom stereocenters. The Labute approximate surface area is 123 Å². The van der Waals surface area contributed by atoms with Crippen LogP contribution < -0.4 is 5.32 Å². The van der Waals surface area contributed by atoms with Crippen LogP contribution in [-0.4, -0.2) is 27.2 Å². The molecule has 1 aromatic heterocycles. The van der Waals surface area contributed by atoms with Crippen molar-refractivity contribution in [3.63, 3.8) is 0 Å². The average molecular weight is 292 g/mol. The van der Waals surface area contributed by atoms with Crippen molar-refractivity contribution in [2.75, 3.05) is 6.54 Å². The first-order valence-electron chi connectivity index (χ1n) is 7.69. The predicted molar refractivity (Wildman–Crippen MR) is 76.7 cm³/mol. The number of aromatic nitrogens is 3. The van der Waals surface area contributed by atoms with Gasteiger partial charge in [0, 0.05) is 24.9 Å². The smallest absolute Gasteiger partial charge is 0.223 e. The molecule has 5 nitrogen and oxygen atoms in total. The lowest BCUT2D eigenvalue weighted by Gasteiger charge is -2.07. The summed E-state index contributed by atoms with van der Waals surface area (Å²) >= 11 is 5.25. The van der Waals surface area contributed by atoms with Crippen LogP contribution in [0, 0.1) is 22.5 Å². The van der Waals surface area contributed by atoms with Crippen LogP contribution in [-0.2, 0) is 11.2 Å². The number of carbonyl (C=O) groups is 1. The lowest BCUT2D eigenvalue weighted by molar-refractivity contribution is -0.123. The topological polar surface area (TPSA) is 62.7 Å². The third-order valence-corrected chi connectivity index (χ3v) is 5.33. The first kappa shape index (κ1) is 12.6. The number of carbonyl (C=O) groups excluding carboxylic acids is 1. The van der Waals surface area contributed by atoms with Crippen molar-refractivity contribution in [3.8, 4) is 0 Å². The highest BCUT2D eigenvalue weighted by molar-refractivity contribution is 7.71. The molecular weight excluding hydrogens is 272 g/mol. The second-order valence-electron chi connectivity index (χ2n) is 6.37. The van der Waals surface area contributed by atoms with E-state index in [2.05, 4.69) is 20.1 Å². The highest BCUT2D eigenvalue weighted by Crippen LogP contribution is 2.57. The third kappa shape index (κ3) is 2.10. The van der Waals surface area contributed by atoms with Crippen molar-refractivity contribution in [3.05, 3.63) is 10.6 Å². The molecule has 0 aromatic carbocycles. The molecular formula is C14H20N4OS. The summed E-state index contributed by atoms with van der Waals surface area (Å²) in [6.45, 7) is 0.668. The van der Waals surface area contributed by atoms with Crippen molar-refractivity contribution in [1.82, 2.24) is 20.1 Å². The average Bonchev–Trinajstić information content (AvgIpc) is 3.32. The molecule has 4 rings (SSSR count). The summed E-state index contributed by atoms with van der Waals surface area (Å²) in [6.07, 6.45) is 6.97. The Hall–Kier alpha value is -1.17. The van der Waals surface area contributed by atoms with Gasteiger partial charge in [-0.15, -0.1) is 0 Å². The van der Waals surface area contributed by atoms with Crippen LogP contribution in [0.1, 0.15) is 44.0 Å². The van der Waals surface area contributed by atoms with Crippen LogP contribution in [0.25, 0.3) is 0 Å². The minimum atomic E-state index is 0.256. The number of hydrogen-bond acceptors (Lipinski definition) is 3. The zero-order valence-corrected chi connectivity index (χ0v) is 12.3. The Bertz CT molecular complexity index is 578. The first-order chi connectivity index (χ1) is 9.75. The third-order valence-electron chi connectivity index (χ3n) is 5.05. The molecule has 0 aliphatic heterocycles. The van der Waals surface area contributed by atoms with Gasteiger partial charge in [-0.1, -0.05) is 6.42 Å². The largest absolute Gasteiger partial charge is 0.355 e. The van der Waals surface area contributed by atoms with Crippen molar-refractivity contribution in [1.29, 1.82) is 0 Å². The Morgan fingerprint density at radius 3 is 2.80 bits per heavy atom. The van der Waals surface area contributed by atoms with E-state index in [1.165, 1.54) is 32.1 Å². The molecule has 3 aliphatic carbocycles. The summed E-state index contributed by atoms with van der Waals surface area (Å²) in [5, 5.41) is 10.2. The van der Waals surface area contributed by atoms with E-state index in [9.17, 15) is 4.79 Å². The maximum Gasteiger partial charge on any atom is 0.223 e. The molecule has 1 aromatic rings. The van der Waals surface area contributed by atoms with Gasteiger partial charge < -0.3 is 9.88 Å². The van der Waals surface area contributed by atoms with Crippen LogP contribution in [0.15, 0.2) is 0 Å². The zero-order chi connectivity index (χ0) is 13.7. The van der Waals surface area contributed by atoms with E-state index in [0.29, 0.717) is 35.1 Å². The van der Waals surface area contributed by atoms with Crippen molar-refractivity contribution >= 4 is 18.1 Å². The Kier molecular flexibility index (Phi) is 2.94. The summed E-state index contributed by atoms with van der Waals surface area (Å²) < 4.78 is 2.83. The van der Waals surface area contributed by atoms with E-state index < -0.39 is 0 Å². The lowest BCUT2D eigenvalue weighted by atomic mass is 10.1. The molecule has 0 bridgehead atoms. The van der Waals surface area contributed by atoms with Gasteiger partial charge in [0.05, 0.1) is 0 Å². The van der Waals surface area contributed by atoms with Crippen LogP contribution in [0.3, 0.4) is 0 Å². The van der Waals surface area contributed by atoms with Gasteiger partial charge in [-0.3, -0.25) is 9.89 Å². The second kappa shape index (κ2) is 4.69. The molecule has 2 N–H and O–H groups in total. The molecule has 0 radical (unpaired) electrons. The first-order valence-corrected chi connectivity index (χ1v) is 8.10. The lowest BCUT2D eigenvalue weighted by Crippen LogP contribution is -2.29. The molecule has 1 heterocycles. The van der Waals surface area contributed by atoms with Crippen LogP contribution in [0.2, 0.25) is 0 Å². The number of H-pyrrole nitrogens is 1. The Balaban J connectivity index is 1.31. The minimum absolute atomic E-state index is 0.256. The van der Waals surface area contributed by atoms with E-state index in [1.807, 2.05) is 0 Å². The molecule has 0 saturated heterocycles. The van der Waals surface area contributed by atoms with Gasteiger partial charge in [0.15, 0.2) is 4.77 Å². The number of rotatable bonds is 5. The molecule has 3 aliphatic rings. The molecule has 108 valence electrons. The molecule has 2 atom stereocenters. The summed E-state index contributed by atoms with van der Waals surface area (Å²) in [4.78, 5) is 12.1. The number of fused-ring (bicyclic) bond motifs is 1. The second-order valence-corrected chi connectivity index (χ2v) is 6.76. The number of hydrogen-bond donors (Lipinski definition) is 2. The van der Waals surface area contributed by atoms with Gasteiger partial charge >= 0.3 is 0 Å². The van der Waals surface area contributed by atoms with Crippen molar-refractivity contribution in [2.24, 2.45) is 17.8 Å².